The number of amides is 3. The summed E-state index contributed by atoms with van der Waals surface area (Å²) in [6, 6.07) is 7.50. The Balaban J connectivity index is 1.63. The molecular weight excluding hydrogens is 386 g/mol. The molecule has 28 heavy (non-hydrogen) atoms. The van der Waals surface area contributed by atoms with Crippen molar-refractivity contribution in [1.29, 1.82) is 0 Å². The molecule has 0 spiro atoms. The topological polar surface area (TPSA) is 110 Å². The maximum absolute atomic E-state index is 11.9. The van der Waals surface area contributed by atoms with Crippen molar-refractivity contribution in [1.82, 2.24) is 16.2 Å². The maximum atomic E-state index is 11.9. The molecule has 2 rings (SSSR count). The van der Waals surface area contributed by atoms with Crippen molar-refractivity contribution in [3.63, 3.8) is 0 Å². The second-order valence-corrected chi connectivity index (χ2v) is 6.51. The van der Waals surface area contributed by atoms with Gasteiger partial charge in [-0.15, -0.1) is 0 Å². The smallest absolute Gasteiger partial charge is 0.287 e. The van der Waals surface area contributed by atoms with Gasteiger partial charge in [-0.3, -0.25) is 25.2 Å². The van der Waals surface area contributed by atoms with Crippen molar-refractivity contribution in [2.45, 2.75) is 32.7 Å². The van der Waals surface area contributed by atoms with Gasteiger partial charge in [0.25, 0.3) is 11.8 Å². The molecule has 2 aromatic rings. The summed E-state index contributed by atoms with van der Waals surface area (Å²) in [7, 11) is 0. The fourth-order valence-corrected chi connectivity index (χ4v) is 2.46. The van der Waals surface area contributed by atoms with E-state index in [4.69, 9.17) is 20.8 Å². The molecule has 3 N–H and O–H groups in total. The highest BCUT2D eigenvalue weighted by Crippen LogP contribution is 2.21. The van der Waals surface area contributed by atoms with Gasteiger partial charge in [0.1, 0.15) is 11.8 Å². The van der Waals surface area contributed by atoms with E-state index in [2.05, 4.69) is 16.2 Å². The Morgan fingerprint density at radius 2 is 2.00 bits per heavy atom. The second kappa shape index (κ2) is 10.4. The van der Waals surface area contributed by atoms with E-state index >= 15 is 0 Å². The average Bonchev–Trinajstić information content (AvgIpc) is 3.19. The zero-order valence-corrected chi connectivity index (χ0v) is 16.3. The second-order valence-electron chi connectivity index (χ2n) is 6.07. The van der Waals surface area contributed by atoms with Crippen LogP contribution in [0.1, 0.15) is 35.9 Å². The van der Waals surface area contributed by atoms with Crippen molar-refractivity contribution in [2.24, 2.45) is 0 Å². The summed E-state index contributed by atoms with van der Waals surface area (Å²) < 4.78 is 10.5. The Hall–Kier alpha value is -3.00. The third-order valence-corrected chi connectivity index (χ3v) is 3.99. The van der Waals surface area contributed by atoms with E-state index in [1.165, 1.54) is 19.3 Å². The molecule has 3 amide bonds. The van der Waals surface area contributed by atoms with Gasteiger partial charge in [-0.2, -0.15) is 0 Å². The lowest BCUT2D eigenvalue weighted by Gasteiger charge is -2.14. The first kappa shape index (κ1) is 21.3. The number of hydrogen-bond acceptors (Lipinski definition) is 5. The van der Waals surface area contributed by atoms with Gasteiger partial charge in [0.15, 0.2) is 5.76 Å². The summed E-state index contributed by atoms with van der Waals surface area (Å²) >= 11 is 5.89. The molecule has 0 unspecified atom stereocenters. The van der Waals surface area contributed by atoms with Crippen LogP contribution in [0.5, 0.6) is 5.75 Å². The quantitative estimate of drug-likeness (QED) is 0.459. The van der Waals surface area contributed by atoms with Gasteiger partial charge in [-0.05, 0) is 56.2 Å². The van der Waals surface area contributed by atoms with E-state index in [0.717, 1.165) is 5.56 Å². The number of hydrogen-bond donors (Lipinski definition) is 3. The van der Waals surface area contributed by atoms with Gasteiger partial charge in [-0.1, -0.05) is 11.6 Å². The Morgan fingerprint density at radius 3 is 2.68 bits per heavy atom. The summed E-state index contributed by atoms with van der Waals surface area (Å²) in [6.07, 6.45) is 1.99. The third-order valence-electron chi connectivity index (χ3n) is 3.75. The molecule has 9 heteroatoms. The minimum absolute atomic E-state index is 0.0969. The van der Waals surface area contributed by atoms with Crippen LogP contribution in [0.4, 0.5) is 0 Å². The van der Waals surface area contributed by atoms with E-state index in [9.17, 15) is 14.4 Å². The lowest BCUT2D eigenvalue weighted by molar-refractivity contribution is -0.129. The van der Waals surface area contributed by atoms with Crippen LogP contribution in [0, 0.1) is 6.92 Å². The molecule has 0 aliphatic carbocycles. The lowest BCUT2D eigenvalue weighted by Crippen LogP contribution is -2.51. The van der Waals surface area contributed by atoms with Crippen molar-refractivity contribution in [2.75, 3.05) is 6.61 Å². The number of rotatable bonds is 8. The highest BCUT2D eigenvalue weighted by atomic mass is 35.5. The summed E-state index contributed by atoms with van der Waals surface area (Å²) in [4.78, 5) is 35.5. The molecular formula is C19H22ClN3O5. The zero-order chi connectivity index (χ0) is 20.5. The average molecular weight is 408 g/mol. The van der Waals surface area contributed by atoms with Crippen LogP contribution in [-0.4, -0.2) is 30.4 Å². The van der Waals surface area contributed by atoms with E-state index in [1.54, 1.807) is 24.3 Å². The van der Waals surface area contributed by atoms with Crippen molar-refractivity contribution in [3.8, 4) is 5.75 Å². The molecule has 0 saturated carbocycles. The van der Waals surface area contributed by atoms with Gasteiger partial charge < -0.3 is 14.5 Å². The number of benzene rings is 1. The van der Waals surface area contributed by atoms with E-state index < -0.39 is 17.9 Å². The molecule has 0 bridgehead atoms. The van der Waals surface area contributed by atoms with Gasteiger partial charge in [-0.25, -0.2) is 0 Å². The molecule has 1 heterocycles. The predicted molar refractivity (Wildman–Crippen MR) is 103 cm³/mol. The summed E-state index contributed by atoms with van der Waals surface area (Å²) in [5.74, 6) is -0.636. The highest BCUT2D eigenvalue weighted by molar-refractivity contribution is 6.30. The predicted octanol–water partition coefficient (Wildman–Crippen LogP) is 2.37. The van der Waals surface area contributed by atoms with E-state index in [1.807, 2.05) is 6.92 Å². The fourth-order valence-electron chi connectivity index (χ4n) is 2.23. The fraction of sp³-hybridized carbons (Fsp3) is 0.316. The van der Waals surface area contributed by atoms with E-state index in [0.29, 0.717) is 23.8 Å². The summed E-state index contributed by atoms with van der Waals surface area (Å²) in [5, 5.41) is 3.09. The zero-order valence-electron chi connectivity index (χ0n) is 15.6. The van der Waals surface area contributed by atoms with Crippen LogP contribution in [0.25, 0.3) is 0 Å². The molecule has 0 aliphatic heterocycles. The maximum Gasteiger partial charge on any atom is 0.287 e. The lowest BCUT2D eigenvalue weighted by atomic mass is 10.2. The summed E-state index contributed by atoms with van der Waals surface area (Å²) in [5.41, 5.74) is 5.48. The molecule has 0 saturated heterocycles. The van der Waals surface area contributed by atoms with Crippen molar-refractivity contribution < 1.29 is 23.5 Å². The van der Waals surface area contributed by atoms with Crippen molar-refractivity contribution >= 4 is 29.3 Å². The molecule has 1 aromatic carbocycles. The monoisotopic (exact) mass is 407 g/mol. The number of aryl methyl sites for hydroxylation is 1. The van der Waals surface area contributed by atoms with Crippen LogP contribution >= 0.6 is 11.6 Å². The minimum Gasteiger partial charge on any atom is -0.493 e. The van der Waals surface area contributed by atoms with Gasteiger partial charge in [0.2, 0.25) is 5.91 Å². The molecule has 0 fully saturated rings. The Labute approximate surface area is 167 Å². The van der Waals surface area contributed by atoms with Crippen LogP contribution in [0.2, 0.25) is 5.02 Å². The number of nitrogens with one attached hydrogen (secondary N) is 3. The number of hydrazine groups is 1. The molecule has 1 atom stereocenters. The van der Waals surface area contributed by atoms with Crippen LogP contribution in [-0.2, 0) is 9.59 Å². The first-order chi connectivity index (χ1) is 13.4. The molecule has 150 valence electrons. The molecule has 0 aliphatic rings. The minimum atomic E-state index is -0.853. The van der Waals surface area contributed by atoms with Crippen LogP contribution in [0.15, 0.2) is 41.0 Å². The normalized spacial score (nSPS) is 11.4. The molecule has 1 aromatic heterocycles. The van der Waals surface area contributed by atoms with Crippen molar-refractivity contribution in [3.05, 3.63) is 52.9 Å². The SMILES string of the molecule is Cc1cc(Cl)ccc1OCCCC(=O)NNC(=O)[C@H](C)NC(=O)c1ccco1. The number of carbonyl (C=O) groups is 3. The van der Waals surface area contributed by atoms with Crippen LogP contribution < -0.4 is 20.9 Å². The largest absolute Gasteiger partial charge is 0.493 e. The van der Waals surface area contributed by atoms with Gasteiger partial charge >= 0.3 is 0 Å². The Morgan fingerprint density at radius 1 is 1.21 bits per heavy atom. The number of ether oxygens (including phenoxy) is 1. The van der Waals surface area contributed by atoms with Gasteiger partial charge in [0, 0.05) is 11.4 Å². The third kappa shape index (κ3) is 6.62. The molecule has 8 nitrogen and oxygen atoms in total. The van der Waals surface area contributed by atoms with E-state index in [-0.39, 0.29) is 18.1 Å². The Kier molecular flexibility index (Phi) is 7.88. The highest BCUT2D eigenvalue weighted by Gasteiger charge is 2.18. The van der Waals surface area contributed by atoms with Gasteiger partial charge in [0.05, 0.1) is 12.9 Å². The first-order valence-corrected chi connectivity index (χ1v) is 9.06. The molecule has 0 radical (unpaired) electrons. The Bertz CT molecular complexity index is 823. The number of carbonyl (C=O) groups excluding carboxylic acids is 3. The summed E-state index contributed by atoms with van der Waals surface area (Å²) in [6.45, 7) is 3.72. The first-order valence-electron chi connectivity index (χ1n) is 8.69. The standard InChI is InChI=1S/C19H22ClN3O5/c1-12-11-14(20)7-8-15(12)27-10-4-6-17(24)22-23-18(25)13(2)21-19(26)16-5-3-9-28-16/h3,5,7-9,11,13H,4,6,10H2,1-2H3,(H,21,26)(H,22,24)(H,23,25)/t13-/m0/s1. The number of halogens is 1. The number of furan rings is 1. The van der Waals surface area contributed by atoms with Crippen LogP contribution in [0.3, 0.4) is 0 Å².